The highest BCUT2D eigenvalue weighted by Gasteiger charge is 2.21. The summed E-state index contributed by atoms with van der Waals surface area (Å²) < 4.78 is 0. The molecule has 0 unspecified atom stereocenters. The van der Waals surface area contributed by atoms with E-state index in [1.54, 1.807) is 6.07 Å². The fraction of sp³-hybridized carbons (Fsp3) is 0.136. The first-order valence-corrected chi connectivity index (χ1v) is 8.69. The van der Waals surface area contributed by atoms with Gasteiger partial charge >= 0.3 is 5.97 Å². The molecule has 3 aromatic rings. The van der Waals surface area contributed by atoms with Crippen molar-refractivity contribution >= 4 is 28.7 Å². The Morgan fingerprint density at radius 3 is 2.58 bits per heavy atom. The van der Waals surface area contributed by atoms with Crippen molar-refractivity contribution in [2.75, 3.05) is 16.8 Å². The van der Waals surface area contributed by atoms with Crippen molar-refractivity contribution in [2.45, 2.75) is 13.3 Å². The van der Waals surface area contributed by atoms with E-state index in [9.17, 15) is 9.90 Å². The molecular weight excluding hydrogens is 324 g/mol. The van der Waals surface area contributed by atoms with Gasteiger partial charge in [0, 0.05) is 23.6 Å². The molecule has 0 aliphatic carbocycles. The van der Waals surface area contributed by atoms with E-state index >= 15 is 0 Å². The Morgan fingerprint density at radius 2 is 1.77 bits per heavy atom. The molecule has 0 amide bonds. The van der Waals surface area contributed by atoms with Gasteiger partial charge < -0.3 is 15.3 Å². The van der Waals surface area contributed by atoms with Gasteiger partial charge in [0.2, 0.25) is 0 Å². The van der Waals surface area contributed by atoms with Crippen LogP contribution in [0.25, 0.3) is 0 Å². The van der Waals surface area contributed by atoms with E-state index in [1.165, 1.54) is 11.3 Å². The Labute approximate surface area is 152 Å². The van der Waals surface area contributed by atoms with Gasteiger partial charge in [-0.2, -0.15) is 0 Å². The topological polar surface area (TPSA) is 52.6 Å². The summed E-state index contributed by atoms with van der Waals surface area (Å²) in [6, 6.07) is 21.7. The zero-order valence-corrected chi connectivity index (χ0v) is 14.6. The Balaban J connectivity index is 1.75. The minimum absolute atomic E-state index is 0.268. The Morgan fingerprint density at radius 1 is 1.00 bits per heavy atom. The van der Waals surface area contributed by atoms with Crippen LogP contribution in [0.5, 0.6) is 0 Å². The molecule has 1 heterocycles. The van der Waals surface area contributed by atoms with Crippen LogP contribution in [0, 0.1) is 6.92 Å². The van der Waals surface area contributed by atoms with E-state index in [0.29, 0.717) is 5.69 Å². The van der Waals surface area contributed by atoms with Crippen LogP contribution in [0.2, 0.25) is 0 Å². The SMILES string of the molecule is Cc1ccccc1Nc1cc(N2CCc3ccccc32)ccc1C(=O)O. The number of fused-ring (bicyclic) bond motifs is 1. The summed E-state index contributed by atoms with van der Waals surface area (Å²) >= 11 is 0. The lowest BCUT2D eigenvalue weighted by atomic mass is 10.1. The maximum absolute atomic E-state index is 11.7. The van der Waals surface area contributed by atoms with Crippen LogP contribution < -0.4 is 10.2 Å². The lowest BCUT2D eigenvalue weighted by Crippen LogP contribution is -2.14. The van der Waals surface area contributed by atoms with Crippen molar-refractivity contribution in [3.63, 3.8) is 0 Å². The molecule has 0 spiro atoms. The van der Waals surface area contributed by atoms with Crippen LogP contribution in [0.3, 0.4) is 0 Å². The molecular formula is C22H20N2O2. The average molecular weight is 344 g/mol. The van der Waals surface area contributed by atoms with Gasteiger partial charge in [0.05, 0.1) is 11.3 Å². The largest absolute Gasteiger partial charge is 0.478 e. The van der Waals surface area contributed by atoms with Crippen LogP contribution in [0.15, 0.2) is 66.7 Å². The molecule has 0 aromatic heterocycles. The number of nitrogens with zero attached hydrogens (tertiary/aromatic N) is 1. The molecule has 0 bridgehead atoms. The van der Waals surface area contributed by atoms with Gasteiger partial charge in [-0.05, 0) is 54.8 Å². The summed E-state index contributed by atoms with van der Waals surface area (Å²) in [6.45, 7) is 2.90. The van der Waals surface area contributed by atoms with Gasteiger partial charge in [0.15, 0.2) is 0 Å². The van der Waals surface area contributed by atoms with E-state index in [1.807, 2.05) is 49.4 Å². The van der Waals surface area contributed by atoms with E-state index in [2.05, 4.69) is 28.4 Å². The molecule has 0 radical (unpaired) electrons. The molecule has 0 saturated carbocycles. The van der Waals surface area contributed by atoms with Crippen LogP contribution in [-0.4, -0.2) is 17.6 Å². The highest BCUT2D eigenvalue weighted by atomic mass is 16.4. The molecule has 0 saturated heterocycles. The fourth-order valence-corrected chi connectivity index (χ4v) is 3.45. The smallest absolute Gasteiger partial charge is 0.337 e. The predicted molar refractivity (Wildman–Crippen MR) is 105 cm³/mol. The molecule has 4 heteroatoms. The van der Waals surface area contributed by atoms with Crippen molar-refractivity contribution in [3.8, 4) is 0 Å². The number of aryl methyl sites for hydroxylation is 1. The molecule has 2 N–H and O–H groups in total. The first-order chi connectivity index (χ1) is 12.6. The second-order valence-electron chi connectivity index (χ2n) is 6.51. The number of para-hydroxylation sites is 2. The zero-order valence-electron chi connectivity index (χ0n) is 14.6. The third kappa shape index (κ3) is 2.90. The molecule has 26 heavy (non-hydrogen) atoms. The van der Waals surface area contributed by atoms with Crippen molar-refractivity contribution in [3.05, 3.63) is 83.4 Å². The number of carboxylic acids is 1. The number of aromatic carboxylic acids is 1. The summed E-state index contributed by atoms with van der Waals surface area (Å²) in [7, 11) is 0. The van der Waals surface area contributed by atoms with Crippen molar-refractivity contribution < 1.29 is 9.90 Å². The summed E-state index contributed by atoms with van der Waals surface area (Å²) in [6.07, 6.45) is 0.997. The van der Waals surface area contributed by atoms with Crippen molar-refractivity contribution in [1.82, 2.24) is 0 Å². The first-order valence-electron chi connectivity index (χ1n) is 8.69. The third-order valence-corrected chi connectivity index (χ3v) is 4.85. The van der Waals surface area contributed by atoms with E-state index in [-0.39, 0.29) is 5.56 Å². The van der Waals surface area contributed by atoms with E-state index in [0.717, 1.165) is 29.9 Å². The molecule has 0 atom stereocenters. The second kappa shape index (κ2) is 6.56. The molecule has 1 aliphatic rings. The minimum atomic E-state index is -0.936. The standard InChI is InChI=1S/C22H20N2O2/c1-15-6-2-4-8-19(15)23-20-14-17(10-11-18(20)22(25)26)24-13-12-16-7-3-5-9-21(16)24/h2-11,14,23H,12-13H2,1H3,(H,25,26). The van der Waals surface area contributed by atoms with Gasteiger partial charge in [0.1, 0.15) is 0 Å². The Kier molecular flexibility index (Phi) is 4.09. The van der Waals surface area contributed by atoms with Crippen molar-refractivity contribution in [2.24, 2.45) is 0 Å². The van der Waals surface area contributed by atoms with Crippen LogP contribution in [0.1, 0.15) is 21.5 Å². The normalized spacial score (nSPS) is 12.7. The molecule has 1 aliphatic heterocycles. The third-order valence-electron chi connectivity index (χ3n) is 4.85. The second-order valence-corrected chi connectivity index (χ2v) is 6.51. The van der Waals surface area contributed by atoms with Gasteiger partial charge in [-0.1, -0.05) is 36.4 Å². The van der Waals surface area contributed by atoms with E-state index < -0.39 is 5.97 Å². The Hall–Kier alpha value is -3.27. The number of carbonyl (C=O) groups is 1. The zero-order chi connectivity index (χ0) is 18.1. The van der Waals surface area contributed by atoms with Crippen LogP contribution >= 0.6 is 0 Å². The number of hydrogen-bond acceptors (Lipinski definition) is 3. The quantitative estimate of drug-likeness (QED) is 0.689. The van der Waals surface area contributed by atoms with Gasteiger partial charge in [0.25, 0.3) is 0 Å². The lowest BCUT2D eigenvalue weighted by molar-refractivity contribution is 0.0698. The van der Waals surface area contributed by atoms with Gasteiger partial charge in [-0.15, -0.1) is 0 Å². The van der Waals surface area contributed by atoms with Crippen molar-refractivity contribution in [1.29, 1.82) is 0 Å². The summed E-state index contributed by atoms with van der Waals surface area (Å²) in [5.74, 6) is -0.936. The molecule has 0 fully saturated rings. The molecule has 4 nitrogen and oxygen atoms in total. The predicted octanol–water partition coefficient (Wildman–Crippen LogP) is 5.13. The number of hydrogen-bond donors (Lipinski definition) is 2. The monoisotopic (exact) mass is 344 g/mol. The number of benzene rings is 3. The first kappa shape index (κ1) is 16.2. The van der Waals surface area contributed by atoms with E-state index in [4.69, 9.17) is 0 Å². The molecule has 130 valence electrons. The highest BCUT2D eigenvalue weighted by molar-refractivity contribution is 5.96. The number of carboxylic acid groups (broad SMARTS) is 1. The summed E-state index contributed by atoms with van der Waals surface area (Å²) in [5.41, 5.74) is 6.37. The minimum Gasteiger partial charge on any atom is -0.478 e. The maximum atomic E-state index is 11.7. The lowest BCUT2D eigenvalue weighted by Gasteiger charge is -2.22. The summed E-state index contributed by atoms with van der Waals surface area (Å²) in [5, 5.41) is 12.9. The van der Waals surface area contributed by atoms with Gasteiger partial charge in [-0.3, -0.25) is 0 Å². The van der Waals surface area contributed by atoms with Gasteiger partial charge in [-0.25, -0.2) is 4.79 Å². The fourth-order valence-electron chi connectivity index (χ4n) is 3.45. The van der Waals surface area contributed by atoms with Crippen LogP contribution in [0.4, 0.5) is 22.7 Å². The molecule has 4 rings (SSSR count). The number of nitrogens with one attached hydrogen (secondary N) is 1. The Bertz CT molecular complexity index is 981. The summed E-state index contributed by atoms with van der Waals surface area (Å²) in [4.78, 5) is 13.9. The maximum Gasteiger partial charge on any atom is 0.337 e. The number of rotatable bonds is 4. The average Bonchev–Trinajstić information content (AvgIpc) is 3.07. The van der Waals surface area contributed by atoms with Crippen LogP contribution in [-0.2, 0) is 6.42 Å². The molecule has 3 aromatic carbocycles. The number of anilines is 4. The highest BCUT2D eigenvalue weighted by Crippen LogP contribution is 2.36.